The van der Waals surface area contributed by atoms with Crippen LogP contribution in [0.4, 0.5) is 0 Å². The minimum absolute atomic E-state index is 0.279. The summed E-state index contributed by atoms with van der Waals surface area (Å²) in [5.74, 6) is 0.354. The van der Waals surface area contributed by atoms with E-state index in [1.807, 2.05) is 26.0 Å². The maximum absolute atomic E-state index is 11.0. The normalized spacial score (nSPS) is 10.4. The standard InChI is InChI=1S/C16H15ClO3/c1-9-6-12(4-5-14(9)16(18)19)20-13-7-10(2)15(17)11(3)8-13/h4-8H,1-3H3,(H,18,19). The van der Waals surface area contributed by atoms with Crippen LogP contribution in [0.15, 0.2) is 30.3 Å². The molecule has 1 N–H and O–H groups in total. The van der Waals surface area contributed by atoms with Gasteiger partial charge in [0.05, 0.1) is 5.56 Å². The molecule has 0 atom stereocenters. The second-order valence-corrected chi connectivity index (χ2v) is 5.13. The van der Waals surface area contributed by atoms with Crippen molar-refractivity contribution in [1.29, 1.82) is 0 Å². The number of halogens is 1. The van der Waals surface area contributed by atoms with Crippen molar-refractivity contribution in [3.63, 3.8) is 0 Å². The zero-order chi connectivity index (χ0) is 14.9. The van der Waals surface area contributed by atoms with Gasteiger partial charge in [-0.2, -0.15) is 0 Å². The molecule has 3 nitrogen and oxygen atoms in total. The zero-order valence-corrected chi connectivity index (χ0v) is 12.3. The molecule has 20 heavy (non-hydrogen) atoms. The van der Waals surface area contributed by atoms with Crippen LogP contribution in [0.25, 0.3) is 0 Å². The Morgan fingerprint density at radius 2 is 1.55 bits per heavy atom. The highest BCUT2D eigenvalue weighted by Crippen LogP contribution is 2.29. The molecule has 2 aromatic carbocycles. The Morgan fingerprint density at radius 1 is 1.00 bits per heavy atom. The third kappa shape index (κ3) is 2.94. The van der Waals surface area contributed by atoms with Crippen LogP contribution >= 0.6 is 11.6 Å². The second-order valence-electron chi connectivity index (χ2n) is 4.75. The summed E-state index contributed by atoms with van der Waals surface area (Å²) in [6.07, 6.45) is 0. The van der Waals surface area contributed by atoms with Gasteiger partial charge >= 0.3 is 5.97 Å². The van der Waals surface area contributed by atoms with Crippen LogP contribution in [0.3, 0.4) is 0 Å². The molecule has 0 saturated heterocycles. The van der Waals surface area contributed by atoms with E-state index in [1.54, 1.807) is 25.1 Å². The lowest BCUT2D eigenvalue weighted by Crippen LogP contribution is -1.99. The molecule has 0 spiro atoms. The molecular weight excluding hydrogens is 276 g/mol. The van der Waals surface area contributed by atoms with E-state index >= 15 is 0 Å². The highest BCUT2D eigenvalue weighted by atomic mass is 35.5. The Labute approximate surface area is 122 Å². The van der Waals surface area contributed by atoms with Crippen LogP contribution in [-0.2, 0) is 0 Å². The summed E-state index contributed by atoms with van der Waals surface area (Å²) in [5, 5.41) is 9.73. The fraction of sp³-hybridized carbons (Fsp3) is 0.188. The first-order chi connectivity index (χ1) is 9.38. The molecule has 0 amide bonds. The molecule has 4 heteroatoms. The molecule has 0 heterocycles. The number of hydrogen-bond acceptors (Lipinski definition) is 2. The Morgan fingerprint density at radius 3 is 2.05 bits per heavy atom. The minimum Gasteiger partial charge on any atom is -0.478 e. The summed E-state index contributed by atoms with van der Waals surface area (Å²) in [7, 11) is 0. The number of hydrogen-bond donors (Lipinski definition) is 1. The molecular formula is C16H15ClO3. The summed E-state index contributed by atoms with van der Waals surface area (Å²) >= 11 is 6.11. The van der Waals surface area contributed by atoms with E-state index in [4.69, 9.17) is 21.4 Å². The number of aromatic carboxylic acids is 1. The Bertz CT molecular complexity index is 654. The van der Waals surface area contributed by atoms with Crippen LogP contribution in [0.1, 0.15) is 27.0 Å². The average molecular weight is 291 g/mol. The molecule has 0 saturated carbocycles. The fourth-order valence-corrected chi connectivity index (χ4v) is 2.15. The van der Waals surface area contributed by atoms with Crippen LogP contribution in [0.2, 0.25) is 5.02 Å². The molecule has 2 aromatic rings. The maximum Gasteiger partial charge on any atom is 0.335 e. The average Bonchev–Trinajstić information content (AvgIpc) is 2.35. The number of ether oxygens (including phenoxy) is 1. The van der Waals surface area contributed by atoms with Crippen LogP contribution < -0.4 is 4.74 Å². The Balaban J connectivity index is 2.31. The first kappa shape index (κ1) is 14.4. The monoisotopic (exact) mass is 290 g/mol. The van der Waals surface area contributed by atoms with Gasteiger partial charge in [-0.25, -0.2) is 4.79 Å². The van der Waals surface area contributed by atoms with E-state index in [0.717, 1.165) is 16.1 Å². The quantitative estimate of drug-likeness (QED) is 0.887. The summed E-state index contributed by atoms with van der Waals surface area (Å²) in [4.78, 5) is 11.0. The number of carboxylic acid groups (broad SMARTS) is 1. The lowest BCUT2D eigenvalue weighted by Gasteiger charge is -2.11. The second kappa shape index (κ2) is 5.55. The number of carboxylic acids is 1. The van der Waals surface area contributed by atoms with Gasteiger partial charge in [0.25, 0.3) is 0 Å². The predicted molar refractivity (Wildman–Crippen MR) is 79.1 cm³/mol. The van der Waals surface area contributed by atoms with Crippen molar-refractivity contribution in [3.05, 3.63) is 57.6 Å². The van der Waals surface area contributed by atoms with Crippen molar-refractivity contribution in [1.82, 2.24) is 0 Å². The molecule has 0 radical (unpaired) electrons. The first-order valence-corrected chi connectivity index (χ1v) is 6.55. The number of benzene rings is 2. The lowest BCUT2D eigenvalue weighted by molar-refractivity contribution is 0.0696. The van der Waals surface area contributed by atoms with Gasteiger partial charge in [-0.05, 0) is 67.8 Å². The highest BCUT2D eigenvalue weighted by molar-refractivity contribution is 6.32. The maximum atomic E-state index is 11.0. The molecule has 0 bridgehead atoms. The number of rotatable bonds is 3. The first-order valence-electron chi connectivity index (χ1n) is 6.17. The molecule has 104 valence electrons. The van der Waals surface area contributed by atoms with Gasteiger partial charge in [-0.1, -0.05) is 11.6 Å². The third-order valence-electron chi connectivity index (χ3n) is 3.07. The topological polar surface area (TPSA) is 46.5 Å². The number of carbonyl (C=O) groups is 1. The van der Waals surface area contributed by atoms with Gasteiger partial charge in [0.15, 0.2) is 0 Å². The molecule has 0 aliphatic rings. The Kier molecular flexibility index (Phi) is 4.00. The van der Waals surface area contributed by atoms with E-state index in [2.05, 4.69) is 0 Å². The molecule has 0 aliphatic heterocycles. The summed E-state index contributed by atoms with van der Waals surface area (Å²) in [6, 6.07) is 8.62. The van der Waals surface area contributed by atoms with Gasteiger partial charge in [0.1, 0.15) is 11.5 Å². The Hall–Kier alpha value is -2.00. The fourth-order valence-electron chi connectivity index (χ4n) is 2.04. The number of aryl methyl sites for hydroxylation is 3. The molecule has 0 aromatic heterocycles. The van der Waals surface area contributed by atoms with Crippen molar-refractivity contribution in [2.75, 3.05) is 0 Å². The van der Waals surface area contributed by atoms with E-state index < -0.39 is 5.97 Å². The van der Waals surface area contributed by atoms with Gasteiger partial charge < -0.3 is 9.84 Å². The molecule has 0 unspecified atom stereocenters. The smallest absolute Gasteiger partial charge is 0.335 e. The van der Waals surface area contributed by atoms with Crippen molar-refractivity contribution in [2.24, 2.45) is 0 Å². The molecule has 2 rings (SSSR count). The zero-order valence-electron chi connectivity index (χ0n) is 11.5. The molecule has 0 aliphatic carbocycles. The summed E-state index contributed by atoms with van der Waals surface area (Å²) < 4.78 is 5.76. The predicted octanol–water partition coefficient (Wildman–Crippen LogP) is 4.76. The van der Waals surface area contributed by atoms with E-state index in [0.29, 0.717) is 17.1 Å². The largest absolute Gasteiger partial charge is 0.478 e. The lowest BCUT2D eigenvalue weighted by atomic mass is 10.1. The highest BCUT2D eigenvalue weighted by Gasteiger charge is 2.09. The van der Waals surface area contributed by atoms with E-state index in [1.165, 1.54) is 0 Å². The summed E-state index contributed by atoms with van der Waals surface area (Å²) in [6.45, 7) is 5.58. The van der Waals surface area contributed by atoms with Gasteiger partial charge in [-0.15, -0.1) is 0 Å². The minimum atomic E-state index is -0.938. The third-order valence-corrected chi connectivity index (χ3v) is 3.67. The van der Waals surface area contributed by atoms with Crippen LogP contribution in [0.5, 0.6) is 11.5 Å². The van der Waals surface area contributed by atoms with Crippen molar-refractivity contribution < 1.29 is 14.6 Å². The molecule has 0 fully saturated rings. The van der Waals surface area contributed by atoms with Crippen molar-refractivity contribution in [2.45, 2.75) is 20.8 Å². The van der Waals surface area contributed by atoms with Crippen molar-refractivity contribution >= 4 is 17.6 Å². The van der Waals surface area contributed by atoms with E-state index in [9.17, 15) is 4.79 Å². The van der Waals surface area contributed by atoms with Crippen LogP contribution in [0, 0.1) is 20.8 Å². The SMILES string of the molecule is Cc1cc(Oc2cc(C)c(Cl)c(C)c2)ccc1C(=O)O. The van der Waals surface area contributed by atoms with Gasteiger partial charge in [0, 0.05) is 5.02 Å². The summed E-state index contributed by atoms with van der Waals surface area (Å²) in [5.41, 5.74) is 2.83. The van der Waals surface area contributed by atoms with E-state index in [-0.39, 0.29) is 5.56 Å². The van der Waals surface area contributed by atoms with Gasteiger partial charge in [0.2, 0.25) is 0 Å². The van der Waals surface area contributed by atoms with Crippen LogP contribution in [-0.4, -0.2) is 11.1 Å². The van der Waals surface area contributed by atoms with Crippen molar-refractivity contribution in [3.8, 4) is 11.5 Å². The van der Waals surface area contributed by atoms with Gasteiger partial charge in [-0.3, -0.25) is 0 Å².